The van der Waals surface area contributed by atoms with E-state index in [0.717, 1.165) is 42.9 Å². The number of nitrogens with two attached hydrogens (primary N) is 1. The highest BCUT2D eigenvalue weighted by atomic mass is 19.1. The lowest BCUT2D eigenvalue weighted by Gasteiger charge is -2.31. The van der Waals surface area contributed by atoms with Crippen molar-refractivity contribution < 1.29 is 4.39 Å². The first-order valence-corrected chi connectivity index (χ1v) is 7.77. The number of hydrogen-bond acceptors (Lipinski definition) is 4. The van der Waals surface area contributed by atoms with Gasteiger partial charge in [-0.1, -0.05) is 25.0 Å². The Morgan fingerprint density at radius 1 is 1.18 bits per heavy atom. The van der Waals surface area contributed by atoms with Gasteiger partial charge in [0.1, 0.15) is 11.6 Å². The van der Waals surface area contributed by atoms with Crippen LogP contribution in [0.2, 0.25) is 0 Å². The Kier molecular flexibility index (Phi) is 4.22. The summed E-state index contributed by atoms with van der Waals surface area (Å²) in [5.41, 5.74) is 7.65. The highest BCUT2D eigenvalue weighted by Crippen LogP contribution is 2.33. The Bertz CT molecular complexity index is 639. The molecule has 2 N–H and O–H groups in total. The lowest BCUT2D eigenvalue weighted by atomic mass is 10.0. The molecule has 0 spiro atoms. The number of aryl methyl sites for hydroxylation is 1. The van der Waals surface area contributed by atoms with Gasteiger partial charge in [-0.25, -0.2) is 9.37 Å². The first-order valence-electron chi connectivity index (χ1n) is 7.77. The fourth-order valence-electron chi connectivity index (χ4n) is 3.16. The Balaban J connectivity index is 2.00. The predicted octanol–water partition coefficient (Wildman–Crippen LogP) is 3.63. The number of hydrogen-bond donors (Lipinski definition) is 1. The van der Waals surface area contributed by atoms with Gasteiger partial charge in [-0.15, -0.1) is 0 Å². The minimum absolute atomic E-state index is 0.131. The zero-order chi connectivity index (χ0) is 15.5. The van der Waals surface area contributed by atoms with E-state index in [0.29, 0.717) is 0 Å². The summed E-state index contributed by atoms with van der Waals surface area (Å²) in [4.78, 5) is 10.8. The molecule has 22 heavy (non-hydrogen) atoms. The van der Waals surface area contributed by atoms with Gasteiger partial charge in [0.05, 0.1) is 6.04 Å². The summed E-state index contributed by atoms with van der Waals surface area (Å²) in [6, 6.07) is 8.95. The van der Waals surface area contributed by atoms with Crippen molar-refractivity contribution in [3.8, 4) is 0 Å². The number of aromatic nitrogens is 2. The quantitative estimate of drug-likeness (QED) is 0.920. The van der Waals surface area contributed by atoms with Crippen LogP contribution in [0.1, 0.15) is 43.0 Å². The molecule has 0 amide bonds. The minimum Gasteiger partial charge on any atom is -0.368 e. The molecule has 2 aromatic rings. The highest BCUT2D eigenvalue weighted by molar-refractivity contribution is 5.46. The largest absolute Gasteiger partial charge is 0.368 e. The van der Waals surface area contributed by atoms with Crippen LogP contribution in [0.15, 0.2) is 30.3 Å². The van der Waals surface area contributed by atoms with Crippen LogP contribution in [0.3, 0.4) is 0 Å². The summed E-state index contributed by atoms with van der Waals surface area (Å²) in [6.45, 7) is 2.81. The first kappa shape index (κ1) is 14.8. The van der Waals surface area contributed by atoms with Gasteiger partial charge in [0.2, 0.25) is 5.95 Å². The van der Waals surface area contributed by atoms with E-state index in [-0.39, 0.29) is 17.8 Å². The topological polar surface area (TPSA) is 55.0 Å². The van der Waals surface area contributed by atoms with Crippen molar-refractivity contribution in [3.63, 3.8) is 0 Å². The average Bonchev–Trinajstić information content (AvgIpc) is 2.72. The van der Waals surface area contributed by atoms with Gasteiger partial charge in [-0.05, 0) is 37.5 Å². The molecule has 4 nitrogen and oxygen atoms in total. The molecule has 0 saturated carbocycles. The van der Waals surface area contributed by atoms with Crippen LogP contribution in [0.25, 0.3) is 0 Å². The van der Waals surface area contributed by atoms with Gasteiger partial charge in [0.15, 0.2) is 0 Å². The van der Waals surface area contributed by atoms with Crippen molar-refractivity contribution in [1.29, 1.82) is 0 Å². The van der Waals surface area contributed by atoms with Crippen LogP contribution < -0.4 is 10.6 Å². The molecule has 1 aliphatic heterocycles. The molecule has 1 aromatic heterocycles. The van der Waals surface area contributed by atoms with Crippen molar-refractivity contribution in [1.82, 2.24) is 9.97 Å². The zero-order valence-electron chi connectivity index (χ0n) is 12.8. The van der Waals surface area contributed by atoms with E-state index in [9.17, 15) is 4.39 Å². The Labute approximate surface area is 130 Å². The standard InChI is InChI=1S/C17H21FN4/c1-12-10-16(21-17(19)20-12)22-9-4-2-3-8-15(22)13-6-5-7-14(18)11-13/h5-7,10-11,15H,2-4,8-9H2,1H3,(H2,19,20,21)/t15-/m1/s1. The maximum atomic E-state index is 13.6. The lowest BCUT2D eigenvalue weighted by molar-refractivity contribution is 0.582. The lowest BCUT2D eigenvalue weighted by Crippen LogP contribution is -2.29. The molecule has 1 aliphatic rings. The molecule has 2 heterocycles. The normalized spacial score (nSPS) is 19.0. The molecule has 5 heteroatoms. The fraction of sp³-hybridized carbons (Fsp3) is 0.412. The molecule has 1 saturated heterocycles. The summed E-state index contributed by atoms with van der Waals surface area (Å²) < 4.78 is 13.6. The van der Waals surface area contributed by atoms with Gasteiger partial charge in [0, 0.05) is 18.3 Å². The van der Waals surface area contributed by atoms with E-state index in [1.54, 1.807) is 12.1 Å². The van der Waals surface area contributed by atoms with Crippen LogP contribution in [-0.4, -0.2) is 16.5 Å². The monoisotopic (exact) mass is 300 g/mol. The third-order valence-electron chi connectivity index (χ3n) is 4.14. The molecular formula is C17H21FN4. The average molecular weight is 300 g/mol. The van der Waals surface area contributed by atoms with E-state index in [1.807, 2.05) is 19.1 Å². The molecule has 116 valence electrons. The Hall–Kier alpha value is -2.17. The summed E-state index contributed by atoms with van der Waals surface area (Å²) in [6.07, 6.45) is 4.42. The second-order valence-corrected chi connectivity index (χ2v) is 5.84. The summed E-state index contributed by atoms with van der Waals surface area (Å²) in [7, 11) is 0. The molecule has 0 radical (unpaired) electrons. The summed E-state index contributed by atoms with van der Waals surface area (Å²) in [5, 5.41) is 0. The molecule has 0 unspecified atom stereocenters. The maximum absolute atomic E-state index is 13.6. The third-order valence-corrected chi connectivity index (χ3v) is 4.14. The van der Waals surface area contributed by atoms with Crippen molar-refractivity contribution in [2.24, 2.45) is 0 Å². The van der Waals surface area contributed by atoms with Crippen LogP contribution in [0.4, 0.5) is 16.2 Å². The zero-order valence-corrected chi connectivity index (χ0v) is 12.8. The minimum atomic E-state index is -0.194. The molecule has 0 aliphatic carbocycles. The summed E-state index contributed by atoms with van der Waals surface area (Å²) in [5.74, 6) is 0.929. The molecule has 1 fully saturated rings. The number of rotatable bonds is 2. The maximum Gasteiger partial charge on any atom is 0.222 e. The molecule has 1 atom stereocenters. The van der Waals surface area contributed by atoms with Gasteiger partial charge in [-0.2, -0.15) is 4.98 Å². The number of benzene rings is 1. The predicted molar refractivity (Wildman–Crippen MR) is 86.1 cm³/mol. The molecular weight excluding hydrogens is 279 g/mol. The van der Waals surface area contributed by atoms with Gasteiger partial charge >= 0.3 is 0 Å². The Morgan fingerprint density at radius 2 is 2.05 bits per heavy atom. The van der Waals surface area contributed by atoms with Crippen molar-refractivity contribution in [3.05, 3.63) is 47.4 Å². The number of halogens is 1. The second kappa shape index (κ2) is 6.30. The van der Waals surface area contributed by atoms with E-state index < -0.39 is 0 Å². The molecule has 1 aromatic carbocycles. The van der Waals surface area contributed by atoms with Crippen molar-refractivity contribution >= 4 is 11.8 Å². The van der Waals surface area contributed by atoms with E-state index >= 15 is 0 Å². The van der Waals surface area contributed by atoms with Crippen LogP contribution in [0, 0.1) is 12.7 Å². The Morgan fingerprint density at radius 3 is 2.82 bits per heavy atom. The summed E-state index contributed by atoms with van der Waals surface area (Å²) >= 11 is 0. The molecule has 3 rings (SSSR count). The first-order chi connectivity index (χ1) is 10.6. The van der Waals surface area contributed by atoms with Crippen molar-refractivity contribution in [2.75, 3.05) is 17.2 Å². The van der Waals surface area contributed by atoms with Crippen molar-refractivity contribution in [2.45, 2.75) is 38.6 Å². The number of nitrogens with zero attached hydrogens (tertiary/aromatic N) is 3. The SMILES string of the molecule is Cc1cc(N2CCCCC[C@@H]2c2cccc(F)c2)nc(N)n1. The van der Waals surface area contributed by atoms with E-state index in [2.05, 4.69) is 14.9 Å². The van der Waals surface area contributed by atoms with Crippen LogP contribution in [0.5, 0.6) is 0 Å². The smallest absolute Gasteiger partial charge is 0.222 e. The molecule has 0 bridgehead atoms. The fourth-order valence-corrected chi connectivity index (χ4v) is 3.16. The van der Waals surface area contributed by atoms with Crippen LogP contribution >= 0.6 is 0 Å². The number of nitrogen functional groups attached to an aromatic ring is 1. The van der Waals surface area contributed by atoms with E-state index in [4.69, 9.17) is 5.73 Å². The van der Waals surface area contributed by atoms with Gasteiger partial charge < -0.3 is 10.6 Å². The number of anilines is 2. The van der Waals surface area contributed by atoms with E-state index in [1.165, 1.54) is 12.5 Å². The van der Waals surface area contributed by atoms with Gasteiger partial charge in [-0.3, -0.25) is 0 Å². The van der Waals surface area contributed by atoms with Gasteiger partial charge in [0.25, 0.3) is 0 Å². The van der Waals surface area contributed by atoms with Crippen LogP contribution in [-0.2, 0) is 0 Å². The second-order valence-electron chi connectivity index (χ2n) is 5.84. The third kappa shape index (κ3) is 3.18. The highest BCUT2D eigenvalue weighted by Gasteiger charge is 2.24.